The fourth-order valence-corrected chi connectivity index (χ4v) is 3.68. The fraction of sp³-hybridized carbons (Fsp3) is 0.304. The van der Waals surface area contributed by atoms with Crippen LogP contribution < -0.4 is 5.32 Å². The van der Waals surface area contributed by atoms with Gasteiger partial charge in [-0.2, -0.15) is 10.2 Å². The molecule has 4 rings (SSSR count). The van der Waals surface area contributed by atoms with Gasteiger partial charge in [-0.05, 0) is 38.8 Å². The smallest absolute Gasteiger partial charge is 0.272 e. The van der Waals surface area contributed by atoms with Crippen LogP contribution in [0.1, 0.15) is 53.6 Å². The first-order valence-electron chi connectivity index (χ1n) is 10.3. The fourth-order valence-electron chi connectivity index (χ4n) is 3.68. The van der Waals surface area contributed by atoms with Gasteiger partial charge in [0.25, 0.3) is 5.91 Å². The third-order valence-corrected chi connectivity index (χ3v) is 5.46. The van der Waals surface area contributed by atoms with E-state index in [0.29, 0.717) is 11.3 Å². The van der Waals surface area contributed by atoms with Crippen LogP contribution in [0, 0.1) is 13.8 Å². The molecule has 0 fully saturated rings. The summed E-state index contributed by atoms with van der Waals surface area (Å²) >= 11 is 0. The van der Waals surface area contributed by atoms with Gasteiger partial charge in [-0.3, -0.25) is 9.48 Å². The van der Waals surface area contributed by atoms with Crippen molar-refractivity contribution in [3.63, 3.8) is 0 Å². The molecule has 30 heavy (non-hydrogen) atoms. The third kappa shape index (κ3) is 3.58. The van der Waals surface area contributed by atoms with Gasteiger partial charge in [-0.15, -0.1) is 0 Å². The summed E-state index contributed by atoms with van der Waals surface area (Å²) in [7, 11) is 0. The van der Waals surface area contributed by atoms with Gasteiger partial charge in [0.15, 0.2) is 11.3 Å². The van der Waals surface area contributed by atoms with E-state index in [9.17, 15) is 4.79 Å². The number of hydrogen-bond donors (Lipinski definition) is 1. The molecular weight excluding hydrogens is 376 g/mol. The van der Waals surface area contributed by atoms with Crippen molar-refractivity contribution in [1.82, 2.24) is 29.7 Å². The molecule has 0 radical (unpaired) electrons. The molecule has 1 unspecified atom stereocenters. The molecule has 154 valence electrons. The van der Waals surface area contributed by atoms with E-state index in [4.69, 9.17) is 0 Å². The average Bonchev–Trinajstić information content (AvgIpc) is 3.36. The van der Waals surface area contributed by atoms with E-state index >= 15 is 0 Å². The van der Waals surface area contributed by atoms with Crippen molar-refractivity contribution in [2.24, 2.45) is 0 Å². The molecule has 4 aromatic rings. The molecule has 0 aliphatic carbocycles. The molecule has 0 saturated heterocycles. The Kier molecular flexibility index (Phi) is 5.35. The molecule has 1 N–H and O–H groups in total. The second kappa shape index (κ2) is 8.10. The topological polar surface area (TPSA) is 77.1 Å². The highest BCUT2D eigenvalue weighted by atomic mass is 16.2. The summed E-state index contributed by atoms with van der Waals surface area (Å²) in [6.45, 7) is 8.99. The van der Waals surface area contributed by atoms with E-state index in [1.807, 2.05) is 23.9 Å². The number of nitrogens with one attached hydrogen (secondary N) is 1. The van der Waals surface area contributed by atoms with E-state index in [1.54, 1.807) is 16.8 Å². The Hall–Kier alpha value is -3.48. The maximum atomic E-state index is 13.0. The molecule has 3 aromatic heterocycles. The van der Waals surface area contributed by atoms with Crippen LogP contribution in [0.5, 0.6) is 0 Å². The lowest BCUT2D eigenvalue weighted by atomic mass is 10.0. The van der Waals surface area contributed by atoms with Crippen LogP contribution >= 0.6 is 0 Å². The molecule has 7 nitrogen and oxygen atoms in total. The molecular formula is C23H26N6O. The number of benzene rings is 1. The summed E-state index contributed by atoms with van der Waals surface area (Å²) in [5, 5.41) is 12.1. The van der Waals surface area contributed by atoms with Gasteiger partial charge in [0, 0.05) is 30.1 Å². The molecule has 1 aromatic carbocycles. The molecule has 3 heterocycles. The van der Waals surface area contributed by atoms with Crippen LogP contribution in [0.2, 0.25) is 0 Å². The monoisotopic (exact) mass is 402 g/mol. The number of aryl methyl sites for hydroxylation is 2. The van der Waals surface area contributed by atoms with Crippen molar-refractivity contribution in [2.45, 2.75) is 46.7 Å². The highest BCUT2D eigenvalue weighted by Gasteiger charge is 2.19. The highest BCUT2D eigenvalue weighted by Crippen LogP contribution is 2.24. The predicted molar refractivity (Wildman–Crippen MR) is 116 cm³/mol. The Morgan fingerprint density at radius 1 is 1.13 bits per heavy atom. The number of carbonyl (C=O) groups excluding carboxylic acids is 1. The lowest BCUT2D eigenvalue weighted by molar-refractivity contribution is 0.0930. The predicted octanol–water partition coefficient (Wildman–Crippen LogP) is 4.11. The number of carbonyl (C=O) groups is 1. The van der Waals surface area contributed by atoms with E-state index in [-0.39, 0.29) is 11.9 Å². The summed E-state index contributed by atoms with van der Waals surface area (Å²) in [5.74, 6) is -0.208. The van der Waals surface area contributed by atoms with Crippen LogP contribution in [-0.4, -0.2) is 30.3 Å². The maximum Gasteiger partial charge on any atom is 0.272 e. The molecule has 0 aliphatic heterocycles. The Morgan fingerprint density at radius 3 is 2.57 bits per heavy atom. The molecule has 0 saturated carbocycles. The minimum Gasteiger partial charge on any atom is -0.344 e. The van der Waals surface area contributed by atoms with Crippen molar-refractivity contribution in [2.75, 3.05) is 0 Å². The number of rotatable bonds is 6. The molecule has 0 spiro atoms. The van der Waals surface area contributed by atoms with Gasteiger partial charge in [0.1, 0.15) is 0 Å². The van der Waals surface area contributed by atoms with E-state index < -0.39 is 0 Å². The third-order valence-electron chi connectivity index (χ3n) is 5.46. The molecule has 1 amide bonds. The van der Waals surface area contributed by atoms with Crippen molar-refractivity contribution < 1.29 is 4.79 Å². The van der Waals surface area contributed by atoms with Crippen LogP contribution in [0.15, 0.2) is 48.8 Å². The van der Waals surface area contributed by atoms with Gasteiger partial charge in [0.05, 0.1) is 17.9 Å². The first-order chi connectivity index (χ1) is 14.5. The van der Waals surface area contributed by atoms with Crippen LogP contribution in [0.3, 0.4) is 0 Å². The largest absolute Gasteiger partial charge is 0.344 e. The Balaban J connectivity index is 1.65. The molecule has 1 atom stereocenters. The van der Waals surface area contributed by atoms with Gasteiger partial charge in [0.2, 0.25) is 0 Å². The highest BCUT2D eigenvalue weighted by molar-refractivity contribution is 5.93. The van der Waals surface area contributed by atoms with Crippen molar-refractivity contribution in [1.29, 1.82) is 0 Å². The number of hydrogen-bond acceptors (Lipinski definition) is 4. The average molecular weight is 403 g/mol. The van der Waals surface area contributed by atoms with Crippen molar-refractivity contribution >= 4 is 11.6 Å². The maximum absolute atomic E-state index is 13.0. The lowest BCUT2D eigenvalue weighted by Crippen LogP contribution is -2.28. The zero-order valence-corrected chi connectivity index (χ0v) is 17.8. The van der Waals surface area contributed by atoms with Crippen LogP contribution in [-0.2, 0) is 6.54 Å². The Bertz CT molecular complexity index is 1190. The summed E-state index contributed by atoms with van der Waals surface area (Å²) in [4.78, 5) is 17.3. The van der Waals surface area contributed by atoms with E-state index in [2.05, 4.69) is 65.5 Å². The molecule has 0 bridgehead atoms. The zero-order valence-electron chi connectivity index (χ0n) is 17.8. The number of fused-ring (bicyclic) bond motifs is 1. The standard InChI is InChI=1S/C23H26N6O/c1-5-19(17-9-7-15(3)8-10-17)26-23(30)20-13-22-24-12-11-21(29(22)27-20)18-14-25-28(6-2)16(18)4/h7-14,19H,5-6H2,1-4H3,(H,26,30). The Labute approximate surface area is 175 Å². The second-order valence-electron chi connectivity index (χ2n) is 7.43. The van der Waals surface area contributed by atoms with Gasteiger partial charge >= 0.3 is 0 Å². The van der Waals surface area contributed by atoms with E-state index in [0.717, 1.165) is 35.5 Å². The quantitative estimate of drug-likeness (QED) is 0.526. The van der Waals surface area contributed by atoms with Gasteiger partial charge in [-0.25, -0.2) is 9.50 Å². The second-order valence-corrected chi connectivity index (χ2v) is 7.43. The molecule has 0 aliphatic rings. The van der Waals surface area contributed by atoms with Crippen LogP contribution in [0.4, 0.5) is 0 Å². The summed E-state index contributed by atoms with van der Waals surface area (Å²) < 4.78 is 3.65. The number of nitrogens with zero attached hydrogens (tertiary/aromatic N) is 5. The minimum absolute atomic E-state index is 0.0691. The lowest BCUT2D eigenvalue weighted by Gasteiger charge is -2.17. The summed E-state index contributed by atoms with van der Waals surface area (Å²) in [6.07, 6.45) is 4.36. The minimum atomic E-state index is -0.208. The van der Waals surface area contributed by atoms with E-state index in [1.165, 1.54) is 5.56 Å². The van der Waals surface area contributed by atoms with Gasteiger partial charge in [-0.1, -0.05) is 36.8 Å². The zero-order chi connectivity index (χ0) is 21.3. The van der Waals surface area contributed by atoms with Crippen molar-refractivity contribution in [3.05, 3.63) is 71.3 Å². The first-order valence-corrected chi connectivity index (χ1v) is 10.3. The first kappa shape index (κ1) is 19.8. The summed E-state index contributed by atoms with van der Waals surface area (Å²) in [6, 6.07) is 11.8. The number of aromatic nitrogens is 5. The van der Waals surface area contributed by atoms with Crippen LogP contribution in [0.25, 0.3) is 16.9 Å². The SMILES string of the molecule is CCC(NC(=O)c1cc2nccc(-c3cnn(CC)c3C)n2n1)c1ccc(C)cc1. The Morgan fingerprint density at radius 2 is 1.90 bits per heavy atom. The molecule has 7 heteroatoms. The van der Waals surface area contributed by atoms with Gasteiger partial charge < -0.3 is 5.32 Å². The number of amides is 1. The summed E-state index contributed by atoms with van der Waals surface area (Å²) in [5.41, 5.74) is 6.15. The normalized spacial score (nSPS) is 12.3. The van der Waals surface area contributed by atoms with Crippen molar-refractivity contribution in [3.8, 4) is 11.3 Å².